The van der Waals surface area contributed by atoms with Gasteiger partial charge in [-0.25, -0.2) is 9.67 Å². The maximum absolute atomic E-state index is 12.2. The van der Waals surface area contributed by atoms with Gasteiger partial charge in [0.1, 0.15) is 5.39 Å². The van der Waals surface area contributed by atoms with Crippen molar-refractivity contribution in [2.24, 2.45) is 0 Å². The van der Waals surface area contributed by atoms with Crippen LogP contribution in [0.1, 0.15) is 0 Å². The summed E-state index contributed by atoms with van der Waals surface area (Å²) in [6.45, 7) is 3.93. The van der Waals surface area contributed by atoms with Crippen molar-refractivity contribution >= 4 is 40.3 Å². The molecule has 3 aromatic rings. The molecule has 0 atom stereocenters. The molecule has 0 saturated heterocycles. The Kier molecular flexibility index (Phi) is 5.20. The molecule has 0 radical (unpaired) electrons. The lowest BCUT2D eigenvalue weighted by molar-refractivity contribution is -0.118. The topological polar surface area (TPSA) is 92.7 Å². The molecule has 1 aromatic carbocycles. The van der Waals surface area contributed by atoms with Crippen molar-refractivity contribution in [3.8, 4) is 5.69 Å². The number of carbonyl (C=O) groups is 1. The molecule has 128 valence electrons. The van der Waals surface area contributed by atoms with Crippen LogP contribution in [0.25, 0.3) is 16.7 Å². The highest BCUT2D eigenvalue weighted by atomic mass is 35.5. The van der Waals surface area contributed by atoms with Gasteiger partial charge in [0.05, 0.1) is 17.6 Å². The van der Waals surface area contributed by atoms with Gasteiger partial charge >= 0.3 is 0 Å². The molecule has 0 aliphatic carbocycles. The van der Waals surface area contributed by atoms with Crippen molar-refractivity contribution in [3.63, 3.8) is 0 Å². The van der Waals surface area contributed by atoms with E-state index in [1.807, 2.05) is 0 Å². The number of aromatic nitrogens is 4. The van der Waals surface area contributed by atoms with Gasteiger partial charge in [0, 0.05) is 11.6 Å². The van der Waals surface area contributed by atoms with E-state index in [0.29, 0.717) is 27.8 Å². The summed E-state index contributed by atoms with van der Waals surface area (Å²) >= 11 is 7.04. The Labute approximate surface area is 152 Å². The maximum atomic E-state index is 12.2. The van der Waals surface area contributed by atoms with Gasteiger partial charge in [0.25, 0.3) is 5.56 Å². The van der Waals surface area contributed by atoms with Gasteiger partial charge in [0.15, 0.2) is 10.8 Å². The molecule has 0 aliphatic heterocycles. The van der Waals surface area contributed by atoms with Gasteiger partial charge in [-0.3, -0.25) is 9.59 Å². The number of nitrogens with one attached hydrogen (secondary N) is 2. The Bertz CT molecular complexity index is 980. The molecule has 0 bridgehead atoms. The van der Waals surface area contributed by atoms with Crippen LogP contribution < -0.4 is 10.9 Å². The number of rotatable bonds is 6. The molecule has 9 heteroatoms. The Morgan fingerprint density at radius 1 is 1.40 bits per heavy atom. The van der Waals surface area contributed by atoms with E-state index in [1.165, 1.54) is 6.20 Å². The summed E-state index contributed by atoms with van der Waals surface area (Å²) in [5, 5.41) is 8.21. The van der Waals surface area contributed by atoms with E-state index >= 15 is 0 Å². The predicted octanol–water partition coefficient (Wildman–Crippen LogP) is 2.16. The van der Waals surface area contributed by atoms with Crippen molar-refractivity contribution in [1.29, 1.82) is 0 Å². The van der Waals surface area contributed by atoms with E-state index < -0.39 is 0 Å². The summed E-state index contributed by atoms with van der Waals surface area (Å²) in [5.41, 5.74) is 0.844. The molecule has 2 heterocycles. The molecule has 3 rings (SSSR count). The van der Waals surface area contributed by atoms with Gasteiger partial charge in [-0.1, -0.05) is 29.4 Å². The minimum absolute atomic E-state index is 0.136. The third-order valence-corrected chi connectivity index (χ3v) is 4.40. The van der Waals surface area contributed by atoms with Crippen LogP contribution in [0.15, 0.2) is 53.1 Å². The molecular formula is C16H14ClN5O2S. The van der Waals surface area contributed by atoms with Crippen LogP contribution in [0.4, 0.5) is 0 Å². The normalized spacial score (nSPS) is 10.8. The van der Waals surface area contributed by atoms with E-state index in [0.717, 1.165) is 17.4 Å². The fraction of sp³-hybridized carbons (Fsp3) is 0.125. The molecule has 7 nitrogen and oxygen atoms in total. The summed E-state index contributed by atoms with van der Waals surface area (Å²) in [6.07, 6.45) is 3.06. The minimum Gasteiger partial charge on any atom is -0.352 e. The highest BCUT2D eigenvalue weighted by Crippen LogP contribution is 2.19. The quantitative estimate of drug-likeness (QED) is 0.391. The van der Waals surface area contributed by atoms with Crippen molar-refractivity contribution in [2.75, 3.05) is 12.3 Å². The second-order valence-corrected chi connectivity index (χ2v) is 6.42. The molecule has 1 amide bonds. The number of aromatic amines is 1. The standard InChI is InChI=1S/C16H14ClN5O2S/c1-2-7-18-13(23)9-25-16-20-14-12(15(24)21-16)8-19-22(14)11-5-3-10(17)4-6-11/h2-6,8H,1,7,9H2,(H,18,23)(H,20,21,24). The van der Waals surface area contributed by atoms with E-state index in [2.05, 4.69) is 27.0 Å². The lowest BCUT2D eigenvalue weighted by Crippen LogP contribution is -2.25. The van der Waals surface area contributed by atoms with Gasteiger partial charge in [-0.05, 0) is 24.3 Å². The van der Waals surface area contributed by atoms with Gasteiger partial charge in [-0.2, -0.15) is 5.10 Å². The summed E-state index contributed by atoms with van der Waals surface area (Å²) < 4.78 is 1.56. The second kappa shape index (κ2) is 7.54. The highest BCUT2D eigenvalue weighted by Gasteiger charge is 2.12. The van der Waals surface area contributed by atoms with Crippen LogP contribution in [-0.4, -0.2) is 38.0 Å². The first-order chi connectivity index (χ1) is 12.1. The molecule has 2 aromatic heterocycles. The highest BCUT2D eigenvalue weighted by molar-refractivity contribution is 7.99. The van der Waals surface area contributed by atoms with Gasteiger partial charge in [0.2, 0.25) is 5.91 Å². The van der Waals surface area contributed by atoms with Crippen molar-refractivity contribution in [1.82, 2.24) is 25.1 Å². The largest absolute Gasteiger partial charge is 0.352 e. The van der Waals surface area contributed by atoms with Crippen molar-refractivity contribution in [2.45, 2.75) is 5.16 Å². The molecule has 0 aliphatic rings. The zero-order valence-corrected chi connectivity index (χ0v) is 14.6. The zero-order chi connectivity index (χ0) is 17.8. The van der Waals surface area contributed by atoms with Crippen molar-refractivity contribution < 1.29 is 4.79 Å². The summed E-state index contributed by atoms with van der Waals surface area (Å²) in [5.74, 6) is -0.0314. The predicted molar refractivity (Wildman–Crippen MR) is 98.4 cm³/mol. The number of H-pyrrole nitrogens is 1. The molecule has 0 saturated carbocycles. The number of halogens is 1. The first-order valence-corrected chi connectivity index (χ1v) is 8.69. The Morgan fingerprint density at radius 2 is 2.16 bits per heavy atom. The van der Waals surface area contributed by atoms with Gasteiger partial charge in [-0.15, -0.1) is 6.58 Å². The van der Waals surface area contributed by atoms with E-state index in [9.17, 15) is 9.59 Å². The fourth-order valence-electron chi connectivity index (χ4n) is 2.11. The average Bonchev–Trinajstić information content (AvgIpc) is 3.03. The molecule has 2 N–H and O–H groups in total. The Balaban J connectivity index is 1.90. The Hall–Kier alpha value is -2.58. The molecule has 0 spiro atoms. The summed E-state index contributed by atoms with van der Waals surface area (Å²) in [7, 11) is 0. The number of hydrogen-bond donors (Lipinski definition) is 2. The second-order valence-electron chi connectivity index (χ2n) is 5.02. The average molecular weight is 376 g/mol. The van der Waals surface area contributed by atoms with Crippen molar-refractivity contribution in [3.05, 3.63) is 58.5 Å². The first-order valence-electron chi connectivity index (χ1n) is 7.33. The minimum atomic E-state index is -0.306. The van der Waals surface area contributed by atoms with Crippen LogP contribution >= 0.6 is 23.4 Å². The lowest BCUT2D eigenvalue weighted by atomic mass is 10.3. The van der Waals surface area contributed by atoms with E-state index in [-0.39, 0.29) is 17.2 Å². The first kappa shape index (κ1) is 17.2. The molecule has 0 fully saturated rings. The van der Waals surface area contributed by atoms with Crippen LogP contribution in [-0.2, 0) is 4.79 Å². The summed E-state index contributed by atoms with van der Waals surface area (Å²) in [4.78, 5) is 31.0. The van der Waals surface area contributed by atoms with E-state index in [4.69, 9.17) is 11.6 Å². The monoisotopic (exact) mass is 375 g/mol. The van der Waals surface area contributed by atoms with Crippen LogP contribution in [0.5, 0.6) is 0 Å². The Morgan fingerprint density at radius 3 is 2.88 bits per heavy atom. The van der Waals surface area contributed by atoms with E-state index in [1.54, 1.807) is 35.0 Å². The van der Waals surface area contributed by atoms with Crippen LogP contribution in [0, 0.1) is 0 Å². The SMILES string of the molecule is C=CCNC(=O)CSc1nc2c(cnn2-c2ccc(Cl)cc2)c(=O)[nH]1. The molecule has 25 heavy (non-hydrogen) atoms. The number of benzene rings is 1. The number of amides is 1. The third-order valence-electron chi connectivity index (χ3n) is 3.27. The lowest BCUT2D eigenvalue weighted by Gasteiger charge is -2.05. The smallest absolute Gasteiger partial charge is 0.262 e. The number of fused-ring (bicyclic) bond motifs is 1. The molecular weight excluding hydrogens is 362 g/mol. The number of carbonyl (C=O) groups excluding carboxylic acids is 1. The number of nitrogens with zero attached hydrogens (tertiary/aromatic N) is 3. The fourth-order valence-corrected chi connectivity index (χ4v) is 2.92. The zero-order valence-electron chi connectivity index (χ0n) is 13.0. The number of thioether (sulfide) groups is 1. The summed E-state index contributed by atoms with van der Waals surface area (Å²) in [6, 6.07) is 7.04. The maximum Gasteiger partial charge on any atom is 0.262 e. The number of hydrogen-bond acceptors (Lipinski definition) is 5. The van der Waals surface area contributed by atoms with Crippen LogP contribution in [0.3, 0.4) is 0 Å². The van der Waals surface area contributed by atoms with Crippen LogP contribution in [0.2, 0.25) is 5.02 Å². The third kappa shape index (κ3) is 3.92. The molecule has 0 unspecified atom stereocenters. The van der Waals surface area contributed by atoms with Gasteiger partial charge < -0.3 is 10.3 Å².